The molecule has 2 N–H and O–H groups in total. The molecule has 0 aliphatic heterocycles. The predicted octanol–water partition coefficient (Wildman–Crippen LogP) is 4.27. The first kappa shape index (κ1) is 31.1. The minimum Gasteiger partial charge on any atom is -0.468 e. The number of methoxy groups -OCH3 is 1. The van der Waals surface area contributed by atoms with Crippen molar-refractivity contribution < 1.29 is 38.1 Å². The molecule has 0 aliphatic rings. The standard InChI is InChI=1S/C27H41NO8/c1-7-10-18(4)25(31)34-19(5)16-27(28,26(32)33-6)17-20-13-14-21(35-23(29)11-8-2)22(15-20)36-24(30)12-9-3/h13-15,18-19H,7-12,16-17,28H2,1-6H3/t18?,19-,27?/m0/s1. The second kappa shape index (κ2) is 15.2. The van der Waals surface area contributed by atoms with Gasteiger partial charge in [0.25, 0.3) is 0 Å². The molecule has 0 bridgehead atoms. The number of rotatable bonds is 15. The van der Waals surface area contributed by atoms with Crippen LogP contribution in [-0.2, 0) is 35.1 Å². The molecule has 9 nitrogen and oxygen atoms in total. The summed E-state index contributed by atoms with van der Waals surface area (Å²) in [6.45, 7) is 9.15. The molecule has 1 aromatic carbocycles. The van der Waals surface area contributed by atoms with Crippen LogP contribution in [0.3, 0.4) is 0 Å². The fourth-order valence-electron chi connectivity index (χ4n) is 3.80. The van der Waals surface area contributed by atoms with Gasteiger partial charge in [-0.2, -0.15) is 0 Å². The number of carbonyl (C=O) groups is 4. The SMILES string of the molecule is CCCC(=O)Oc1ccc(CC(N)(C[C@H](C)OC(=O)C(C)CCC)C(=O)OC)cc1OC(=O)CCC. The van der Waals surface area contributed by atoms with Crippen LogP contribution in [0.15, 0.2) is 18.2 Å². The van der Waals surface area contributed by atoms with Gasteiger partial charge in [-0.05, 0) is 43.9 Å². The van der Waals surface area contributed by atoms with Crippen LogP contribution in [-0.4, -0.2) is 42.6 Å². The van der Waals surface area contributed by atoms with Gasteiger partial charge >= 0.3 is 23.9 Å². The van der Waals surface area contributed by atoms with Gasteiger partial charge < -0.3 is 24.7 Å². The predicted molar refractivity (Wildman–Crippen MR) is 134 cm³/mol. The topological polar surface area (TPSA) is 131 Å². The lowest BCUT2D eigenvalue weighted by Gasteiger charge is -2.30. The second-order valence-corrected chi connectivity index (χ2v) is 9.20. The zero-order valence-electron chi connectivity index (χ0n) is 22.4. The van der Waals surface area contributed by atoms with Crippen molar-refractivity contribution >= 4 is 23.9 Å². The van der Waals surface area contributed by atoms with Crippen LogP contribution in [0.25, 0.3) is 0 Å². The third-order valence-corrected chi connectivity index (χ3v) is 5.57. The van der Waals surface area contributed by atoms with Gasteiger partial charge in [0, 0.05) is 25.7 Å². The number of benzene rings is 1. The summed E-state index contributed by atoms with van der Waals surface area (Å²) in [6.07, 6.45) is 2.53. The Morgan fingerprint density at radius 3 is 2.03 bits per heavy atom. The van der Waals surface area contributed by atoms with Crippen molar-refractivity contribution in [3.8, 4) is 11.5 Å². The van der Waals surface area contributed by atoms with E-state index in [1.54, 1.807) is 19.9 Å². The van der Waals surface area contributed by atoms with Gasteiger partial charge in [0.05, 0.1) is 13.0 Å². The monoisotopic (exact) mass is 507 g/mol. The van der Waals surface area contributed by atoms with Gasteiger partial charge in [-0.1, -0.05) is 40.2 Å². The van der Waals surface area contributed by atoms with Gasteiger partial charge in [0.2, 0.25) is 0 Å². The molecular formula is C27H41NO8. The van der Waals surface area contributed by atoms with Crippen LogP contribution in [0.4, 0.5) is 0 Å². The minimum absolute atomic E-state index is 0.00753. The van der Waals surface area contributed by atoms with E-state index in [9.17, 15) is 19.2 Å². The summed E-state index contributed by atoms with van der Waals surface area (Å²) < 4.78 is 21.3. The molecule has 0 aromatic heterocycles. The van der Waals surface area contributed by atoms with Crippen molar-refractivity contribution in [3.63, 3.8) is 0 Å². The van der Waals surface area contributed by atoms with Gasteiger partial charge in [0.15, 0.2) is 11.5 Å². The molecule has 0 spiro atoms. The number of hydrogen-bond donors (Lipinski definition) is 1. The average Bonchev–Trinajstić information content (AvgIpc) is 2.80. The first-order chi connectivity index (χ1) is 17.0. The summed E-state index contributed by atoms with van der Waals surface area (Å²) in [7, 11) is 1.23. The van der Waals surface area contributed by atoms with E-state index in [1.807, 2.05) is 20.8 Å². The Morgan fingerprint density at radius 2 is 1.50 bits per heavy atom. The van der Waals surface area contributed by atoms with Crippen LogP contribution in [0.5, 0.6) is 11.5 Å². The first-order valence-electron chi connectivity index (χ1n) is 12.6. The Hall–Kier alpha value is -2.94. The van der Waals surface area contributed by atoms with Crippen molar-refractivity contribution in [2.45, 2.75) is 97.6 Å². The van der Waals surface area contributed by atoms with Gasteiger partial charge in [0.1, 0.15) is 11.6 Å². The molecule has 9 heteroatoms. The Morgan fingerprint density at radius 1 is 0.917 bits per heavy atom. The largest absolute Gasteiger partial charge is 0.468 e. The summed E-state index contributed by atoms with van der Waals surface area (Å²) >= 11 is 0. The molecule has 0 saturated carbocycles. The molecule has 1 aromatic rings. The summed E-state index contributed by atoms with van der Waals surface area (Å²) in [6, 6.07) is 4.66. The number of esters is 4. The summed E-state index contributed by atoms with van der Waals surface area (Å²) in [5, 5.41) is 0. The van der Waals surface area contributed by atoms with E-state index in [0.29, 0.717) is 24.8 Å². The molecule has 1 rings (SSSR count). The molecule has 0 saturated heterocycles. The quantitative estimate of drug-likeness (QED) is 0.273. The maximum absolute atomic E-state index is 12.7. The molecule has 202 valence electrons. The maximum atomic E-state index is 12.7. The Kier molecular flexibility index (Phi) is 13.2. The molecule has 2 unspecified atom stereocenters. The van der Waals surface area contributed by atoms with Crippen molar-refractivity contribution in [1.82, 2.24) is 0 Å². The van der Waals surface area contributed by atoms with E-state index in [-0.39, 0.29) is 49.1 Å². The molecule has 0 amide bonds. The average molecular weight is 508 g/mol. The Labute approximate surface area is 214 Å². The molecule has 0 fully saturated rings. The molecule has 0 heterocycles. The van der Waals surface area contributed by atoms with Crippen molar-refractivity contribution in [2.24, 2.45) is 11.7 Å². The zero-order chi connectivity index (χ0) is 27.3. The van der Waals surface area contributed by atoms with E-state index < -0.39 is 29.6 Å². The minimum atomic E-state index is -1.52. The van der Waals surface area contributed by atoms with Gasteiger partial charge in [-0.15, -0.1) is 0 Å². The summed E-state index contributed by atoms with van der Waals surface area (Å²) in [4.78, 5) is 49.2. The van der Waals surface area contributed by atoms with Crippen LogP contribution >= 0.6 is 0 Å². The van der Waals surface area contributed by atoms with E-state index in [4.69, 9.17) is 24.7 Å². The number of hydrogen-bond acceptors (Lipinski definition) is 9. The fraction of sp³-hybridized carbons (Fsp3) is 0.630. The highest BCUT2D eigenvalue weighted by molar-refractivity contribution is 5.81. The molecule has 3 atom stereocenters. The van der Waals surface area contributed by atoms with Gasteiger partial charge in [-0.25, -0.2) is 0 Å². The van der Waals surface area contributed by atoms with Crippen LogP contribution in [0, 0.1) is 5.92 Å². The molecular weight excluding hydrogens is 466 g/mol. The lowest BCUT2D eigenvalue weighted by Crippen LogP contribution is -2.53. The zero-order valence-corrected chi connectivity index (χ0v) is 22.4. The van der Waals surface area contributed by atoms with E-state index in [0.717, 1.165) is 6.42 Å². The van der Waals surface area contributed by atoms with E-state index >= 15 is 0 Å². The lowest BCUT2D eigenvalue weighted by atomic mass is 9.86. The Bertz CT molecular complexity index is 900. The van der Waals surface area contributed by atoms with Crippen LogP contribution in [0.2, 0.25) is 0 Å². The highest BCUT2D eigenvalue weighted by atomic mass is 16.6. The summed E-state index contributed by atoms with van der Waals surface area (Å²) in [5.41, 5.74) is 5.52. The molecule has 0 aliphatic carbocycles. The normalized spacial score (nSPS) is 14.2. The fourth-order valence-corrected chi connectivity index (χ4v) is 3.80. The highest BCUT2D eigenvalue weighted by Gasteiger charge is 2.38. The first-order valence-corrected chi connectivity index (χ1v) is 12.6. The van der Waals surface area contributed by atoms with Gasteiger partial charge in [-0.3, -0.25) is 19.2 Å². The van der Waals surface area contributed by atoms with Crippen molar-refractivity contribution in [1.29, 1.82) is 0 Å². The highest BCUT2D eigenvalue weighted by Crippen LogP contribution is 2.32. The lowest BCUT2D eigenvalue weighted by molar-refractivity contribution is -0.157. The third-order valence-electron chi connectivity index (χ3n) is 5.57. The van der Waals surface area contributed by atoms with Crippen molar-refractivity contribution in [2.75, 3.05) is 7.11 Å². The van der Waals surface area contributed by atoms with Crippen molar-refractivity contribution in [3.05, 3.63) is 23.8 Å². The number of ether oxygens (including phenoxy) is 4. The van der Waals surface area contributed by atoms with Crippen LogP contribution < -0.4 is 15.2 Å². The van der Waals surface area contributed by atoms with E-state index in [2.05, 4.69) is 0 Å². The maximum Gasteiger partial charge on any atom is 0.326 e. The molecule has 36 heavy (non-hydrogen) atoms. The van der Waals surface area contributed by atoms with E-state index in [1.165, 1.54) is 19.2 Å². The summed E-state index contributed by atoms with van der Waals surface area (Å²) in [5.74, 6) is -2.03. The third kappa shape index (κ3) is 9.97. The Balaban J connectivity index is 3.19. The van der Waals surface area contributed by atoms with Crippen LogP contribution in [0.1, 0.15) is 85.1 Å². The number of nitrogens with two attached hydrogens (primary N) is 1. The molecule has 0 radical (unpaired) electrons. The second-order valence-electron chi connectivity index (χ2n) is 9.20. The number of carbonyl (C=O) groups excluding carboxylic acids is 4. The smallest absolute Gasteiger partial charge is 0.326 e.